The number of carbonyl (C=O) groups excluding carboxylic acids is 1. The number of benzene rings is 1. The molecule has 1 saturated carbocycles. The molecular weight excluding hydrogens is 271 g/mol. The monoisotopic (exact) mass is 292 g/mol. The Morgan fingerprint density at radius 3 is 2.81 bits per heavy atom. The van der Waals surface area contributed by atoms with E-state index in [1.807, 2.05) is 11.0 Å². The van der Waals surface area contributed by atoms with E-state index in [9.17, 15) is 9.18 Å². The van der Waals surface area contributed by atoms with Crippen LogP contribution in [-0.4, -0.2) is 37.3 Å². The summed E-state index contributed by atoms with van der Waals surface area (Å²) >= 11 is 0. The molecule has 0 unspecified atom stereocenters. The lowest BCUT2D eigenvalue weighted by atomic mass is 10.0. The summed E-state index contributed by atoms with van der Waals surface area (Å²) in [4.78, 5) is 14.2. The zero-order valence-corrected chi connectivity index (χ0v) is 12.1. The number of hydrogen-bond donors (Lipinski definition) is 1. The second kappa shape index (κ2) is 6.33. The molecule has 1 heterocycles. The quantitative estimate of drug-likeness (QED) is 0.925. The molecule has 1 aromatic carbocycles. The lowest BCUT2D eigenvalue weighted by Crippen LogP contribution is -2.33. The van der Waals surface area contributed by atoms with E-state index in [1.165, 1.54) is 19.3 Å². The minimum atomic E-state index is -0.521. The molecule has 21 heavy (non-hydrogen) atoms. The fourth-order valence-corrected chi connectivity index (χ4v) is 3.42. The second-order valence-electron chi connectivity index (χ2n) is 5.85. The van der Waals surface area contributed by atoms with Gasteiger partial charge < -0.3 is 15.0 Å². The predicted octanol–water partition coefficient (Wildman–Crippen LogP) is 3.30. The Bertz CT molecular complexity index is 497. The highest BCUT2D eigenvalue weighted by Crippen LogP contribution is 2.37. The zero-order chi connectivity index (χ0) is 14.7. The molecule has 1 aliphatic heterocycles. The van der Waals surface area contributed by atoms with E-state index in [0.29, 0.717) is 23.3 Å². The van der Waals surface area contributed by atoms with Crippen molar-refractivity contribution in [1.29, 1.82) is 0 Å². The summed E-state index contributed by atoms with van der Waals surface area (Å²) in [6.45, 7) is 1.25. The molecule has 2 atom stereocenters. The third kappa shape index (κ3) is 3.28. The normalized spacial score (nSPS) is 24.0. The van der Waals surface area contributed by atoms with Crippen LogP contribution in [0.4, 0.5) is 14.9 Å². The van der Waals surface area contributed by atoms with Crippen LogP contribution in [0.1, 0.15) is 19.3 Å². The third-order valence-corrected chi connectivity index (χ3v) is 4.44. The number of nitrogens with zero attached hydrogens (tertiary/aromatic N) is 1. The van der Waals surface area contributed by atoms with Crippen LogP contribution in [0, 0.1) is 11.8 Å². The molecule has 0 radical (unpaired) electrons. The average Bonchev–Trinajstić information content (AvgIpc) is 3.06. The molecule has 2 amide bonds. The smallest absolute Gasteiger partial charge is 0.321 e. The van der Waals surface area contributed by atoms with Crippen molar-refractivity contribution in [1.82, 2.24) is 4.90 Å². The van der Waals surface area contributed by atoms with E-state index in [1.54, 1.807) is 18.2 Å². The van der Waals surface area contributed by atoms with Gasteiger partial charge in [-0.05, 0) is 36.8 Å². The van der Waals surface area contributed by atoms with Crippen LogP contribution in [0.25, 0.3) is 0 Å². The molecule has 1 N–H and O–H groups in total. The van der Waals surface area contributed by atoms with Gasteiger partial charge in [0.05, 0.1) is 0 Å². The van der Waals surface area contributed by atoms with Gasteiger partial charge in [-0.1, -0.05) is 12.5 Å². The van der Waals surface area contributed by atoms with Crippen molar-refractivity contribution >= 4 is 11.7 Å². The van der Waals surface area contributed by atoms with Crippen LogP contribution in [0.15, 0.2) is 24.3 Å². The minimum absolute atomic E-state index is 0.0346. The van der Waals surface area contributed by atoms with Crippen molar-refractivity contribution in [2.75, 3.05) is 31.7 Å². The molecule has 0 bridgehead atoms. The number of urea groups is 1. The topological polar surface area (TPSA) is 41.6 Å². The summed E-state index contributed by atoms with van der Waals surface area (Å²) in [6.07, 6.45) is 3.81. The number of fused-ring (bicyclic) bond motifs is 1. The van der Waals surface area contributed by atoms with Crippen molar-refractivity contribution in [3.63, 3.8) is 0 Å². The first-order valence-electron chi connectivity index (χ1n) is 7.61. The maximum absolute atomic E-state index is 12.3. The summed E-state index contributed by atoms with van der Waals surface area (Å²) in [7, 11) is 0. The van der Waals surface area contributed by atoms with E-state index in [4.69, 9.17) is 4.74 Å². The maximum atomic E-state index is 12.3. The molecule has 2 aliphatic rings. The van der Waals surface area contributed by atoms with E-state index < -0.39 is 6.67 Å². The molecule has 4 nitrogen and oxygen atoms in total. The highest BCUT2D eigenvalue weighted by Gasteiger charge is 2.37. The van der Waals surface area contributed by atoms with Crippen LogP contribution in [0.2, 0.25) is 0 Å². The Morgan fingerprint density at radius 1 is 1.33 bits per heavy atom. The van der Waals surface area contributed by atoms with Crippen molar-refractivity contribution < 1.29 is 13.9 Å². The van der Waals surface area contributed by atoms with Gasteiger partial charge in [-0.15, -0.1) is 0 Å². The number of hydrogen-bond acceptors (Lipinski definition) is 2. The number of nitrogens with one attached hydrogen (secondary N) is 1. The highest BCUT2D eigenvalue weighted by atomic mass is 19.1. The van der Waals surface area contributed by atoms with Crippen LogP contribution >= 0.6 is 0 Å². The summed E-state index contributed by atoms with van der Waals surface area (Å²) in [5.74, 6) is 1.95. The summed E-state index contributed by atoms with van der Waals surface area (Å²) in [6, 6.07) is 7.04. The predicted molar refractivity (Wildman–Crippen MR) is 79.3 cm³/mol. The van der Waals surface area contributed by atoms with Crippen molar-refractivity contribution in [3.05, 3.63) is 24.3 Å². The van der Waals surface area contributed by atoms with E-state index in [2.05, 4.69) is 5.32 Å². The minimum Gasteiger partial charge on any atom is -0.491 e. The molecule has 3 rings (SSSR count). The van der Waals surface area contributed by atoms with Gasteiger partial charge in [0.25, 0.3) is 0 Å². The number of amides is 2. The van der Waals surface area contributed by atoms with Gasteiger partial charge in [0.2, 0.25) is 0 Å². The number of carbonyl (C=O) groups is 1. The molecule has 114 valence electrons. The average molecular weight is 292 g/mol. The Morgan fingerprint density at radius 2 is 2.10 bits per heavy atom. The van der Waals surface area contributed by atoms with E-state index >= 15 is 0 Å². The Kier molecular flexibility index (Phi) is 4.27. The SMILES string of the molecule is O=C(Nc1cccc(OCCF)c1)N1C[C@H]2CCC[C@@H]2C1. The number of anilines is 1. The lowest BCUT2D eigenvalue weighted by Gasteiger charge is -2.18. The van der Waals surface area contributed by atoms with E-state index in [0.717, 1.165) is 13.1 Å². The van der Waals surface area contributed by atoms with Gasteiger partial charge in [-0.2, -0.15) is 0 Å². The van der Waals surface area contributed by atoms with Crippen molar-refractivity contribution in [2.45, 2.75) is 19.3 Å². The van der Waals surface area contributed by atoms with E-state index in [-0.39, 0.29) is 12.6 Å². The number of rotatable bonds is 4. The maximum Gasteiger partial charge on any atom is 0.321 e. The molecule has 2 fully saturated rings. The highest BCUT2D eigenvalue weighted by molar-refractivity contribution is 5.89. The molecule has 5 heteroatoms. The number of ether oxygens (including phenoxy) is 1. The molecule has 1 aliphatic carbocycles. The third-order valence-electron chi connectivity index (χ3n) is 4.44. The van der Waals surface area contributed by atoms with Crippen molar-refractivity contribution in [2.24, 2.45) is 11.8 Å². The lowest BCUT2D eigenvalue weighted by molar-refractivity contribution is 0.219. The summed E-state index contributed by atoms with van der Waals surface area (Å²) in [5.41, 5.74) is 0.688. The van der Waals surface area contributed by atoms with Crippen LogP contribution in [0.3, 0.4) is 0 Å². The number of likely N-dealkylation sites (tertiary alicyclic amines) is 1. The molecule has 1 aromatic rings. The standard InChI is InChI=1S/C16H21FN2O2/c17-7-8-21-15-6-2-5-14(9-15)18-16(20)19-10-12-3-1-4-13(12)11-19/h2,5-6,9,12-13H,1,3-4,7-8,10-11H2,(H,18,20)/t12-,13-/m1/s1. The Labute approximate surface area is 124 Å². The van der Waals surface area contributed by atoms with Crippen LogP contribution in [-0.2, 0) is 0 Å². The Balaban J connectivity index is 1.57. The zero-order valence-electron chi connectivity index (χ0n) is 12.1. The summed E-state index contributed by atoms with van der Waals surface area (Å²) in [5, 5.41) is 2.90. The van der Waals surface area contributed by atoms with Crippen LogP contribution < -0.4 is 10.1 Å². The summed E-state index contributed by atoms with van der Waals surface area (Å²) < 4.78 is 17.3. The first kappa shape index (κ1) is 14.2. The molecular formula is C16H21FN2O2. The van der Waals surface area contributed by atoms with Gasteiger partial charge >= 0.3 is 6.03 Å². The fraction of sp³-hybridized carbons (Fsp3) is 0.562. The van der Waals surface area contributed by atoms with Crippen molar-refractivity contribution in [3.8, 4) is 5.75 Å². The van der Waals surface area contributed by atoms with Gasteiger partial charge in [0.1, 0.15) is 19.0 Å². The first-order valence-corrected chi connectivity index (χ1v) is 7.61. The van der Waals surface area contributed by atoms with Gasteiger partial charge in [-0.25, -0.2) is 9.18 Å². The van der Waals surface area contributed by atoms with Crippen LogP contribution in [0.5, 0.6) is 5.75 Å². The molecule has 0 spiro atoms. The van der Waals surface area contributed by atoms with Gasteiger partial charge in [-0.3, -0.25) is 0 Å². The number of alkyl halides is 1. The second-order valence-corrected chi connectivity index (χ2v) is 5.85. The largest absolute Gasteiger partial charge is 0.491 e. The molecule has 0 aromatic heterocycles. The molecule has 1 saturated heterocycles. The fourth-order valence-electron chi connectivity index (χ4n) is 3.42. The Hall–Kier alpha value is -1.78. The first-order chi connectivity index (χ1) is 10.3. The van der Waals surface area contributed by atoms with Gasteiger partial charge in [0, 0.05) is 24.8 Å². The number of halogens is 1. The van der Waals surface area contributed by atoms with Gasteiger partial charge in [0.15, 0.2) is 0 Å².